The highest BCUT2D eigenvalue weighted by molar-refractivity contribution is 7.92. The van der Waals surface area contributed by atoms with Crippen LogP contribution in [0.5, 0.6) is 5.75 Å². The van der Waals surface area contributed by atoms with Crippen LogP contribution in [0.2, 0.25) is 0 Å². The molecule has 2 aromatic carbocycles. The van der Waals surface area contributed by atoms with Gasteiger partial charge in [-0.2, -0.15) is 0 Å². The molecular weight excluding hydrogens is 473 g/mol. The Balaban J connectivity index is 2.40. The summed E-state index contributed by atoms with van der Waals surface area (Å²) in [6.07, 6.45) is 0.994. The van der Waals surface area contributed by atoms with Gasteiger partial charge in [0.05, 0.1) is 18.6 Å². The van der Waals surface area contributed by atoms with Gasteiger partial charge in [0.2, 0.25) is 21.8 Å². The Morgan fingerprint density at radius 2 is 1.69 bits per heavy atom. The maximum Gasteiger partial charge on any atom is 0.244 e. The number of nitrogens with zero attached hydrogens (tertiary/aromatic N) is 2. The lowest BCUT2D eigenvalue weighted by molar-refractivity contribution is -0.140. The molecular formula is C25H34FN3O5S. The lowest BCUT2D eigenvalue weighted by Crippen LogP contribution is -2.54. The van der Waals surface area contributed by atoms with Gasteiger partial charge in [-0.25, -0.2) is 12.8 Å². The molecule has 0 fully saturated rings. The summed E-state index contributed by atoms with van der Waals surface area (Å²) in [5, 5.41) is 2.82. The van der Waals surface area contributed by atoms with Crippen LogP contribution in [-0.2, 0) is 26.2 Å². The number of carbonyl (C=O) groups excluding carboxylic acids is 2. The quantitative estimate of drug-likeness (QED) is 0.532. The molecule has 0 heterocycles. The molecule has 1 atom stereocenters. The van der Waals surface area contributed by atoms with Crippen LogP contribution in [-0.4, -0.2) is 56.1 Å². The van der Waals surface area contributed by atoms with Crippen LogP contribution >= 0.6 is 0 Å². The largest absolute Gasteiger partial charge is 0.494 e. The number of carbonyl (C=O) groups is 2. The fourth-order valence-corrected chi connectivity index (χ4v) is 4.21. The second-order valence-corrected chi connectivity index (χ2v) is 11.1. The Hall–Kier alpha value is -3.14. The number of rotatable bonds is 10. The van der Waals surface area contributed by atoms with Gasteiger partial charge < -0.3 is 15.0 Å². The highest BCUT2D eigenvalue weighted by atomic mass is 32.2. The summed E-state index contributed by atoms with van der Waals surface area (Å²) in [5.41, 5.74) is -0.0794. The van der Waals surface area contributed by atoms with Crippen molar-refractivity contribution in [3.8, 4) is 5.75 Å². The van der Waals surface area contributed by atoms with Crippen LogP contribution < -0.4 is 14.4 Å². The first-order valence-corrected chi connectivity index (χ1v) is 13.1. The predicted octanol–water partition coefficient (Wildman–Crippen LogP) is 3.32. The monoisotopic (exact) mass is 507 g/mol. The van der Waals surface area contributed by atoms with Gasteiger partial charge in [-0.05, 0) is 65.0 Å². The summed E-state index contributed by atoms with van der Waals surface area (Å²) in [7, 11) is -3.86. The maximum absolute atomic E-state index is 14.4. The highest BCUT2D eigenvalue weighted by Gasteiger charge is 2.31. The van der Waals surface area contributed by atoms with E-state index >= 15 is 0 Å². The van der Waals surface area contributed by atoms with Gasteiger partial charge in [0.25, 0.3) is 0 Å². The number of anilines is 1. The number of hydrogen-bond donors (Lipinski definition) is 1. The van der Waals surface area contributed by atoms with Crippen LogP contribution in [0.1, 0.15) is 40.2 Å². The minimum atomic E-state index is -3.86. The number of halogens is 1. The molecule has 0 aromatic heterocycles. The number of ether oxygens (including phenoxy) is 1. The van der Waals surface area contributed by atoms with Crippen molar-refractivity contribution in [3.05, 3.63) is 59.9 Å². The number of benzene rings is 2. The van der Waals surface area contributed by atoms with Crippen LogP contribution in [0.25, 0.3) is 0 Å². The Bertz CT molecular complexity index is 1130. The summed E-state index contributed by atoms with van der Waals surface area (Å²) in [4.78, 5) is 27.5. The van der Waals surface area contributed by atoms with Crippen LogP contribution in [0.4, 0.5) is 10.1 Å². The van der Waals surface area contributed by atoms with Crippen LogP contribution in [0.15, 0.2) is 48.5 Å². The molecule has 8 nitrogen and oxygen atoms in total. The third kappa shape index (κ3) is 8.24. The van der Waals surface area contributed by atoms with Gasteiger partial charge in [0.15, 0.2) is 0 Å². The zero-order chi connectivity index (χ0) is 26.4. The fraction of sp³-hybridized carbons (Fsp3) is 0.440. The highest BCUT2D eigenvalue weighted by Crippen LogP contribution is 2.23. The SMILES string of the molecule is CCOc1ccc(N(CC(=O)N(Cc2ccccc2F)[C@H](C)C(=O)NC(C)(C)C)S(C)(=O)=O)cc1. The topological polar surface area (TPSA) is 96.0 Å². The van der Waals surface area contributed by atoms with Crippen LogP contribution in [0.3, 0.4) is 0 Å². The van der Waals surface area contributed by atoms with E-state index in [1.807, 2.05) is 6.92 Å². The smallest absolute Gasteiger partial charge is 0.244 e. The van der Waals surface area contributed by atoms with E-state index in [1.54, 1.807) is 39.0 Å². The third-order valence-corrected chi connectivity index (χ3v) is 6.22. The van der Waals surface area contributed by atoms with Gasteiger partial charge >= 0.3 is 0 Å². The van der Waals surface area contributed by atoms with E-state index in [4.69, 9.17) is 4.74 Å². The Morgan fingerprint density at radius 1 is 1.09 bits per heavy atom. The molecule has 0 saturated heterocycles. The van der Waals surface area contributed by atoms with Crippen LogP contribution in [0, 0.1) is 5.82 Å². The van der Waals surface area contributed by atoms with Gasteiger partial charge in [0.1, 0.15) is 24.2 Å². The minimum absolute atomic E-state index is 0.203. The zero-order valence-electron chi connectivity index (χ0n) is 21.0. The molecule has 0 aliphatic rings. The molecule has 0 bridgehead atoms. The second kappa shape index (κ2) is 11.5. The Kier molecular flexibility index (Phi) is 9.25. The standard InChI is InChI=1S/C25H34FN3O5S/c1-7-34-21-14-12-20(13-15-21)29(35(6,32)33)17-23(30)28(16-19-10-8-9-11-22(19)26)18(2)24(31)27-25(3,4)5/h8-15,18H,7,16-17H2,1-6H3,(H,27,31)/t18-/m1/s1. The van der Waals surface area contributed by atoms with Crippen molar-refractivity contribution in [1.29, 1.82) is 0 Å². The van der Waals surface area contributed by atoms with E-state index in [0.29, 0.717) is 12.4 Å². The van der Waals surface area contributed by atoms with Gasteiger partial charge in [-0.15, -0.1) is 0 Å². The zero-order valence-corrected chi connectivity index (χ0v) is 21.9. The summed E-state index contributed by atoms with van der Waals surface area (Å²) in [5.74, 6) is -1.05. The van der Waals surface area contributed by atoms with Crippen molar-refractivity contribution in [1.82, 2.24) is 10.2 Å². The van der Waals surface area contributed by atoms with Crippen molar-refractivity contribution >= 4 is 27.5 Å². The lowest BCUT2D eigenvalue weighted by atomic mass is 10.1. The average molecular weight is 508 g/mol. The number of nitrogens with one attached hydrogen (secondary N) is 1. The minimum Gasteiger partial charge on any atom is -0.494 e. The predicted molar refractivity (Wildman–Crippen MR) is 134 cm³/mol. The maximum atomic E-state index is 14.4. The Morgan fingerprint density at radius 3 is 2.20 bits per heavy atom. The van der Waals surface area contributed by atoms with E-state index in [1.165, 1.54) is 42.2 Å². The van der Waals surface area contributed by atoms with Crippen molar-refractivity contribution in [2.75, 3.05) is 23.7 Å². The van der Waals surface area contributed by atoms with Crippen molar-refractivity contribution < 1.29 is 27.1 Å². The molecule has 0 aliphatic heterocycles. The first-order valence-electron chi connectivity index (χ1n) is 11.3. The summed E-state index contributed by atoms with van der Waals surface area (Å²) in [6, 6.07) is 11.2. The summed E-state index contributed by atoms with van der Waals surface area (Å²) < 4.78 is 45.9. The van der Waals surface area contributed by atoms with Crippen molar-refractivity contribution in [2.45, 2.75) is 52.7 Å². The molecule has 2 rings (SSSR count). The van der Waals surface area contributed by atoms with Crippen molar-refractivity contribution in [2.24, 2.45) is 0 Å². The molecule has 0 radical (unpaired) electrons. The van der Waals surface area contributed by atoms with E-state index < -0.39 is 45.8 Å². The lowest BCUT2D eigenvalue weighted by Gasteiger charge is -2.33. The number of hydrogen-bond acceptors (Lipinski definition) is 5. The van der Waals surface area contributed by atoms with E-state index in [-0.39, 0.29) is 17.8 Å². The second-order valence-electron chi connectivity index (χ2n) is 9.22. The van der Waals surface area contributed by atoms with Gasteiger partial charge in [-0.3, -0.25) is 13.9 Å². The molecule has 0 aliphatic carbocycles. The third-order valence-electron chi connectivity index (χ3n) is 5.08. The normalized spacial score (nSPS) is 12.5. The molecule has 1 N–H and O–H groups in total. The first kappa shape index (κ1) is 28.1. The Labute approximate surface area is 207 Å². The molecule has 10 heteroatoms. The molecule has 0 unspecified atom stereocenters. The van der Waals surface area contributed by atoms with E-state index in [9.17, 15) is 22.4 Å². The number of sulfonamides is 1. The average Bonchev–Trinajstić information content (AvgIpc) is 2.75. The fourth-order valence-electron chi connectivity index (χ4n) is 3.36. The first-order chi connectivity index (χ1) is 16.2. The molecule has 2 aromatic rings. The van der Waals surface area contributed by atoms with Crippen molar-refractivity contribution in [3.63, 3.8) is 0 Å². The van der Waals surface area contributed by atoms with E-state index in [0.717, 1.165) is 10.6 Å². The summed E-state index contributed by atoms with van der Waals surface area (Å²) in [6.45, 7) is 8.46. The van der Waals surface area contributed by atoms with Gasteiger partial charge in [0, 0.05) is 17.6 Å². The van der Waals surface area contributed by atoms with E-state index in [2.05, 4.69) is 5.32 Å². The molecule has 192 valence electrons. The van der Waals surface area contributed by atoms with Gasteiger partial charge in [-0.1, -0.05) is 18.2 Å². The summed E-state index contributed by atoms with van der Waals surface area (Å²) >= 11 is 0. The molecule has 0 saturated carbocycles. The molecule has 35 heavy (non-hydrogen) atoms. The molecule has 0 spiro atoms. The molecule has 2 amide bonds. The number of amides is 2.